The second kappa shape index (κ2) is 13.1. The van der Waals surface area contributed by atoms with E-state index in [0.717, 1.165) is 61.9 Å². The summed E-state index contributed by atoms with van der Waals surface area (Å²) in [6.45, 7) is 13.0. The summed E-state index contributed by atoms with van der Waals surface area (Å²) in [6, 6.07) is 6.60. The van der Waals surface area contributed by atoms with Gasteiger partial charge in [0.25, 0.3) is 0 Å². The number of aromatic nitrogens is 6. The van der Waals surface area contributed by atoms with Gasteiger partial charge in [0.2, 0.25) is 0 Å². The van der Waals surface area contributed by atoms with Gasteiger partial charge in [-0.25, -0.2) is 0 Å². The van der Waals surface area contributed by atoms with Gasteiger partial charge in [-0.05, 0) is 55.6 Å². The summed E-state index contributed by atoms with van der Waals surface area (Å²) in [7, 11) is 14.9. The van der Waals surface area contributed by atoms with Crippen LogP contribution in [0.4, 0.5) is 0 Å². The van der Waals surface area contributed by atoms with Crippen LogP contribution in [-0.2, 0) is 53.2 Å². The molecule has 0 N–H and O–H groups in total. The van der Waals surface area contributed by atoms with Crippen LogP contribution in [0.3, 0.4) is 0 Å². The Morgan fingerprint density at radius 2 is 0.844 bits per heavy atom. The molecular weight excluding hydrogens is 503 g/mol. The van der Waals surface area contributed by atoms with Crippen molar-refractivity contribution in [1.29, 1.82) is 0 Å². The topological polar surface area (TPSA) is 53.5 Å². The molecular formula is C22H33Cl3N6Ti. The van der Waals surface area contributed by atoms with E-state index in [4.69, 9.17) is 43.2 Å². The van der Waals surface area contributed by atoms with Gasteiger partial charge in [-0.1, -0.05) is 59.7 Å². The molecule has 0 radical (unpaired) electrons. The number of rotatable bonds is 9. The second-order valence-electron chi connectivity index (χ2n) is 7.25. The van der Waals surface area contributed by atoms with Crippen molar-refractivity contribution in [3.8, 4) is 0 Å². The summed E-state index contributed by atoms with van der Waals surface area (Å²) in [6.07, 6.45) is 6.34. The number of halogens is 3. The molecule has 3 heterocycles. The molecule has 0 saturated carbocycles. The molecule has 6 nitrogen and oxygen atoms in total. The molecule has 3 rings (SSSR count). The van der Waals surface area contributed by atoms with Crippen LogP contribution < -0.4 is 0 Å². The Balaban J connectivity index is 0.000000837. The first-order valence-electron chi connectivity index (χ1n) is 11.3. The van der Waals surface area contributed by atoms with Gasteiger partial charge in [-0.15, -0.1) is 0 Å². The third-order valence-electron chi connectivity index (χ3n) is 5.24. The fourth-order valence-corrected chi connectivity index (χ4v) is 3.49. The number of hydrogen-bond donors (Lipinski definition) is 0. The van der Waals surface area contributed by atoms with E-state index in [2.05, 4.69) is 73.8 Å². The summed E-state index contributed by atoms with van der Waals surface area (Å²) in [5, 5.41) is 14.8. The van der Waals surface area contributed by atoms with Crippen LogP contribution in [-0.4, -0.2) is 29.3 Å². The van der Waals surface area contributed by atoms with Gasteiger partial charge < -0.3 is 0 Å². The molecule has 0 amide bonds. The molecule has 0 aromatic carbocycles. The molecule has 0 saturated heterocycles. The van der Waals surface area contributed by atoms with E-state index in [1.54, 1.807) is 0 Å². The predicted octanol–water partition coefficient (Wildman–Crippen LogP) is 6.11. The first-order chi connectivity index (χ1) is 15.3. The van der Waals surface area contributed by atoms with Crippen LogP contribution >= 0.6 is 27.9 Å². The van der Waals surface area contributed by atoms with Crippen molar-refractivity contribution in [2.75, 3.05) is 0 Å². The monoisotopic (exact) mass is 534 g/mol. The second-order valence-corrected chi connectivity index (χ2v) is 15.0. The summed E-state index contributed by atoms with van der Waals surface area (Å²) in [5.74, 6) is 0. The zero-order chi connectivity index (χ0) is 23.8. The minimum absolute atomic E-state index is 0.893. The Hall–Kier alpha value is -0.916. The zero-order valence-corrected chi connectivity index (χ0v) is 23.6. The van der Waals surface area contributed by atoms with Crippen molar-refractivity contribution in [2.24, 2.45) is 0 Å². The molecule has 3 aromatic heterocycles. The molecule has 0 spiro atoms. The molecule has 0 aliphatic rings. The quantitative estimate of drug-likeness (QED) is 0.245. The van der Waals surface area contributed by atoms with Crippen molar-refractivity contribution in [2.45, 2.75) is 80.1 Å². The van der Waals surface area contributed by atoms with Gasteiger partial charge in [-0.3, -0.25) is 14.0 Å². The van der Waals surface area contributed by atoms with Crippen LogP contribution in [0.1, 0.15) is 75.7 Å². The molecule has 176 valence electrons. The summed E-state index contributed by atoms with van der Waals surface area (Å²) < 4.78 is 6.15. The van der Waals surface area contributed by atoms with E-state index in [9.17, 15) is 0 Å². The van der Waals surface area contributed by atoms with Gasteiger partial charge >= 0.3 is 42.6 Å². The standard InChI is InChI=1S/C22H33N6.3ClH.Ti/c1-7-16-13-19(10-4)26(23-16)22(27-20(11-5)14-17(8-2)24-27)28-21(12-6)15-18(9-3)25-28;;;;/h13-15H,7-12H2,1-6H3;3*1H;/q-1;;;;+4/p-3. The van der Waals surface area contributed by atoms with Crippen LogP contribution in [0, 0.1) is 6.29 Å². The number of hydrogen-bond acceptors (Lipinski definition) is 3. The number of aryl methyl sites for hydroxylation is 6. The predicted molar refractivity (Wildman–Crippen MR) is 130 cm³/mol. The van der Waals surface area contributed by atoms with E-state index in [0.29, 0.717) is 0 Å². The number of nitrogens with zero attached hydrogens (tertiary/aromatic N) is 6. The third kappa shape index (κ3) is 6.57. The van der Waals surface area contributed by atoms with Crippen molar-refractivity contribution in [1.82, 2.24) is 29.3 Å². The minimum atomic E-state index is -1.92. The van der Waals surface area contributed by atoms with Crippen LogP contribution in [0.25, 0.3) is 0 Å². The van der Waals surface area contributed by atoms with Gasteiger partial charge in [0.05, 0.1) is 17.1 Å². The van der Waals surface area contributed by atoms with Gasteiger partial charge in [-0.2, -0.15) is 15.3 Å². The van der Waals surface area contributed by atoms with Gasteiger partial charge in [0.1, 0.15) is 0 Å². The molecule has 0 unspecified atom stereocenters. The maximum absolute atomic E-state index is 4.97. The molecule has 0 aliphatic carbocycles. The Bertz CT molecular complexity index is 856. The van der Waals surface area contributed by atoms with Gasteiger partial charge in [0.15, 0.2) is 6.29 Å². The van der Waals surface area contributed by atoms with Crippen molar-refractivity contribution in [3.63, 3.8) is 0 Å². The van der Waals surface area contributed by atoms with E-state index in [-0.39, 0.29) is 0 Å². The molecule has 0 atom stereocenters. The van der Waals surface area contributed by atoms with Crippen molar-refractivity contribution in [3.05, 3.63) is 58.7 Å². The van der Waals surface area contributed by atoms with Gasteiger partial charge in [0, 0.05) is 0 Å². The molecule has 0 bridgehead atoms. The van der Waals surface area contributed by atoms with Crippen molar-refractivity contribution < 1.29 is 14.7 Å². The Morgan fingerprint density at radius 3 is 1.03 bits per heavy atom. The summed E-state index contributed by atoms with van der Waals surface area (Å²) in [4.78, 5) is 0. The van der Waals surface area contributed by atoms with E-state index in [1.807, 2.05) is 0 Å². The average molecular weight is 536 g/mol. The Kier molecular flexibility index (Phi) is 11.2. The first-order valence-corrected chi connectivity index (χ1v) is 17.7. The summed E-state index contributed by atoms with van der Waals surface area (Å²) >= 11 is -1.92. The average Bonchev–Trinajstić information content (AvgIpc) is 3.50. The van der Waals surface area contributed by atoms with E-state index < -0.39 is 14.7 Å². The summed E-state index contributed by atoms with van der Waals surface area (Å²) in [5.41, 5.74) is 6.82. The van der Waals surface area contributed by atoms with Crippen LogP contribution in [0.2, 0.25) is 0 Å². The van der Waals surface area contributed by atoms with Crippen molar-refractivity contribution >= 4 is 27.9 Å². The van der Waals surface area contributed by atoms with E-state index in [1.165, 1.54) is 17.1 Å². The molecule has 0 aliphatic heterocycles. The SMILES string of the molecule is CCc1cc(CC)n([C-](n2nc(CC)cc2CC)n2nc(CC)cc2CC)n1.[Cl][Ti+]([Cl])[Cl]. The molecule has 10 heteroatoms. The molecule has 3 aromatic rings. The molecule has 32 heavy (non-hydrogen) atoms. The normalized spacial score (nSPS) is 10.8. The van der Waals surface area contributed by atoms with Crippen LogP contribution in [0.15, 0.2) is 18.2 Å². The van der Waals surface area contributed by atoms with E-state index >= 15 is 0 Å². The molecule has 0 fully saturated rings. The maximum atomic E-state index is 4.97. The fourth-order valence-electron chi connectivity index (χ4n) is 3.49. The third-order valence-corrected chi connectivity index (χ3v) is 5.24. The zero-order valence-electron chi connectivity index (χ0n) is 19.8. The fraction of sp³-hybridized carbons (Fsp3) is 0.545. The Morgan fingerprint density at radius 1 is 0.594 bits per heavy atom. The van der Waals surface area contributed by atoms with Crippen LogP contribution in [0.5, 0.6) is 0 Å². The first kappa shape index (κ1) is 27.3. The Labute approximate surface area is 209 Å².